The van der Waals surface area contributed by atoms with Crippen molar-refractivity contribution in [2.24, 2.45) is 0 Å². The summed E-state index contributed by atoms with van der Waals surface area (Å²) in [5.41, 5.74) is 6.45. The highest BCUT2D eigenvalue weighted by molar-refractivity contribution is 5.85. The number of ether oxygens (including phenoxy) is 1. The molecule has 7 heteroatoms. The maximum Gasteiger partial charge on any atom is 0.407 e. The van der Waals surface area contributed by atoms with Crippen molar-refractivity contribution in [3.05, 3.63) is 95.1 Å². The Balaban J connectivity index is 1.15. The highest BCUT2D eigenvalue weighted by Gasteiger charge is 2.34. The highest BCUT2D eigenvalue weighted by atomic mass is 16.5. The van der Waals surface area contributed by atoms with Crippen molar-refractivity contribution in [2.45, 2.75) is 31.3 Å². The van der Waals surface area contributed by atoms with Crippen LogP contribution >= 0.6 is 0 Å². The minimum absolute atomic E-state index is 0.00383. The van der Waals surface area contributed by atoms with Gasteiger partial charge < -0.3 is 20.1 Å². The number of aliphatic carboxylic acids is 1. The number of fused-ring (bicyclic) bond motifs is 4. The van der Waals surface area contributed by atoms with E-state index >= 15 is 0 Å². The van der Waals surface area contributed by atoms with Crippen LogP contribution in [0.1, 0.15) is 34.6 Å². The number of nitrogens with zero attached hydrogens (tertiary/aromatic N) is 1. The number of carboxylic acid groups (broad SMARTS) is 1. The van der Waals surface area contributed by atoms with Gasteiger partial charge >= 0.3 is 12.1 Å². The molecule has 0 fully saturated rings. The number of carbonyl (C=O) groups is 3. The lowest BCUT2D eigenvalue weighted by atomic mass is 9.93. The van der Waals surface area contributed by atoms with Crippen LogP contribution in [0.15, 0.2) is 72.8 Å². The van der Waals surface area contributed by atoms with Gasteiger partial charge in [-0.25, -0.2) is 9.59 Å². The number of hydrogen-bond donors (Lipinski definition) is 2. The minimum Gasteiger partial charge on any atom is -0.480 e. The van der Waals surface area contributed by atoms with E-state index in [2.05, 4.69) is 29.6 Å². The van der Waals surface area contributed by atoms with Gasteiger partial charge in [-0.15, -0.1) is 0 Å². The molecule has 1 atom stereocenters. The van der Waals surface area contributed by atoms with E-state index in [9.17, 15) is 19.5 Å². The second-order valence-corrected chi connectivity index (χ2v) is 8.85. The second kappa shape index (κ2) is 9.62. The standard InChI is InChI=1S/C28H26N2O5/c31-26(30-16-19-8-2-1-7-18(19)15-25(30)27(32)33)13-14-29-28(34)35-17-24-22-11-5-3-9-20(22)21-10-4-6-12-23(21)24/h1-12,24-25H,13-17H2,(H,29,34)(H,32,33). The van der Waals surface area contributed by atoms with Gasteiger partial charge in [0.2, 0.25) is 5.91 Å². The van der Waals surface area contributed by atoms with E-state index in [0.29, 0.717) is 0 Å². The first kappa shape index (κ1) is 22.7. The first-order chi connectivity index (χ1) is 17.0. The van der Waals surface area contributed by atoms with Crippen LogP contribution in [0.5, 0.6) is 0 Å². The fraction of sp³-hybridized carbons (Fsp3) is 0.250. The van der Waals surface area contributed by atoms with Gasteiger partial charge in [-0.05, 0) is 33.4 Å². The van der Waals surface area contributed by atoms with E-state index in [1.165, 1.54) is 4.90 Å². The van der Waals surface area contributed by atoms with E-state index < -0.39 is 18.1 Å². The third-order valence-electron chi connectivity index (χ3n) is 6.81. The van der Waals surface area contributed by atoms with Crippen LogP contribution in [0, 0.1) is 0 Å². The van der Waals surface area contributed by atoms with Gasteiger partial charge in [0.15, 0.2) is 0 Å². The molecule has 0 spiro atoms. The average Bonchev–Trinajstić information content (AvgIpc) is 3.20. The summed E-state index contributed by atoms with van der Waals surface area (Å²) in [6.45, 7) is 0.509. The van der Waals surface area contributed by atoms with Gasteiger partial charge in [0, 0.05) is 31.8 Å². The first-order valence-corrected chi connectivity index (χ1v) is 11.7. The van der Waals surface area contributed by atoms with Gasteiger partial charge in [0.1, 0.15) is 12.6 Å². The topological polar surface area (TPSA) is 95.9 Å². The monoisotopic (exact) mass is 470 g/mol. The van der Waals surface area contributed by atoms with Crippen molar-refractivity contribution in [1.29, 1.82) is 0 Å². The highest BCUT2D eigenvalue weighted by Crippen LogP contribution is 2.44. The van der Waals surface area contributed by atoms with Crippen molar-refractivity contribution in [3.8, 4) is 11.1 Å². The molecule has 0 radical (unpaired) electrons. The van der Waals surface area contributed by atoms with Crippen LogP contribution < -0.4 is 5.32 Å². The molecule has 1 aliphatic heterocycles. The predicted octanol–water partition coefficient (Wildman–Crippen LogP) is 3.95. The molecule has 0 saturated carbocycles. The normalized spacial score (nSPS) is 16.1. The summed E-state index contributed by atoms with van der Waals surface area (Å²) < 4.78 is 5.50. The van der Waals surface area contributed by atoms with Crippen LogP contribution in [0.3, 0.4) is 0 Å². The molecule has 3 aromatic rings. The van der Waals surface area contributed by atoms with Crippen molar-refractivity contribution in [3.63, 3.8) is 0 Å². The lowest BCUT2D eigenvalue weighted by molar-refractivity contribution is -0.151. The number of rotatable bonds is 6. The number of carbonyl (C=O) groups excluding carboxylic acids is 2. The van der Waals surface area contributed by atoms with Crippen molar-refractivity contribution >= 4 is 18.0 Å². The Labute approximate surface area is 203 Å². The average molecular weight is 471 g/mol. The van der Waals surface area contributed by atoms with Gasteiger partial charge in [-0.2, -0.15) is 0 Å². The van der Waals surface area contributed by atoms with Crippen LogP contribution in [-0.4, -0.2) is 47.2 Å². The van der Waals surface area contributed by atoms with Gasteiger partial charge in [0.25, 0.3) is 0 Å². The van der Waals surface area contributed by atoms with Crippen LogP contribution in [-0.2, 0) is 27.3 Å². The van der Waals surface area contributed by atoms with E-state index in [1.54, 1.807) is 0 Å². The summed E-state index contributed by atoms with van der Waals surface area (Å²) in [5, 5.41) is 12.3. The van der Waals surface area contributed by atoms with E-state index in [4.69, 9.17) is 4.74 Å². The largest absolute Gasteiger partial charge is 0.480 e. The summed E-state index contributed by atoms with van der Waals surface area (Å²) in [5.74, 6) is -1.39. The number of hydrogen-bond acceptors (Lipinski definition) is 4. The molecular weight excluding hydrogens is 444 g/mol. The zero-order chi connectivity index (χ0) is 24.4. The summed E-state index contributed by atoms with van der Waals surface area (Å²) in [6.07, 6.45) is -0.328. The maximum atomic E-state index is 12.8. The molecule has 2 N–H and O–H groups in total. The zero-order valence-corrected chi connectivity index (χ0v) is 19.1. The molecule has 0 aromatic heterocycles. The SMILES string of the molecule is O=C(NCCC(=O)N1Cc2ccccc2CC1C(=O)O)OCC1c2ccccc2-c2ccccc21. The Hall–Kier alpha value is -4.13. The second-order valence-electron chi connectivity index (χ2n) is 8.85. The van der Waals surface area contributed by atoms with Crippen molar-refractivity contribution in [1.82, 2.24) is 10.2 Å². The molecule has 2 aliphatic rings. The van der Waals surface area contributed by atoms with Crippen molar-refractivity contribution in [2.75, 3.05) is 13.2 Å². The molecule has 178 valence electrons. The third-order valence-corrected chi connectivity index (χ3v) is 6.81. The fourth-order valence-electron chi connectivity index (χ4n) is 5.07. The fourth-order valence-corrected chi connectivity index (χ4v) is 5.07. The number of amides is 2. The number of benzene rings is 3. The summed E-state index contributed by atoms with van der Waals surface area (Å²) >= 11 is 0. The number of carboxylic acids is 1. The molecule has 1 aliphatic carbocycles. The Kier molecular flexibility index (Phi) is 6.23. The van der Waals surface area contributed by atoms with E-state index in [-0.39, 0.29) is 44.4 Å². The Morgan fingerprint density at radius 3 is 2.14 bits per heavy atom. The molecule has 35 heavy (non-hydrogen) atoms. The third kappa shape index (κ3) is 4.49. The van der Waals surface area contributed by atoms with Crippen LogP contribution in [0.4, 0.5) is 4.79 Å². The zero-order valence-electron chi connectivity index (χ0n) is 19.1. The van der Waals surface area contributed by atoms with Crippen molar-refractivity contribution < 1.29 is 24.2 Å². The molecule has 7 nitrogen and oxygen atoms in total. The van der Waals surface area contributed by atoms with E-state index in [0.717, 1.165) is 33.4 Å². The molecular formula is C28H26N2O5. The van der Waals surface area contributed by atoms with Gasteiger partial charge in [-0.3, -0.25) is 4.79 Å². The smallest absolute Gasteiger partial charge is 0.407 e. The van der Waals surface area contributed by atoms with Gasteiger partial charge in [-0.1, -0.05) is 72.8 Å². The summed E-state index contributed by atoms with van der Waals surface area (Å²) in [6, 6.07) is 22.8. The lowest BCUT2D eigenvalue weighted by Crippen LogP contribution is -2.49. The Bertz CT molecular complexity index is 1240. The van der Waals surface area contributed by atoms with Gasteiger partial charge in [0.05, 0.1) is 0 Å². The summed E-state index contributed by atoms with van der Waals surface area (Å²) in [4.78, 5) is 38.3. The lowest BCUT2D eigenvalue weighted by Gasteiger charge is -2.34. The molecule has 2 amide bonds. The summed E-state index contributed by atoms with van der Waals surface area (Å²) in [7, 11) is 0. The molecule has 1 heterocycles. The molecule has 5 rings (SSSR count). The quantitative estimate of drug-likeness (QED) is 0.569. The Morgan fingerprint density at radius 2 is 1.49 bits per heavy atom. The first-order valence-electron chi connectivity index (χ1n) is 11.7. The molecule has 1 unspecified atom stereocenters. The molecule has 0 bridgehead atoms. The maximum absolute atomic E-state index is 12.8. The Morgan fingerprint density at radius 1 is 0.886 bits per heavy atom. The molecule has 0 saturated heterocycles. The number of nitrogens with one attached hydrogen (secondary N) is 1. The molecule has 3 aromatic carbocycles. The van der Waals surface area contributed by atoms with E-state index in [1.807, 2.05) is 48.5 Å². The minimum atomic E-state index is -1.03. The predicted molar refractivity (Wildman–Crippen MR) is 130 cm³/mol. The van der Waals surface area contributed by atoms with Crippen LogP contribution in [0.25, 0.3) is 11.1 Å². The number of alkyl carbamates (subject to hydrolysis) is 1. The van der Waals surface area contributed by atoms with Crippen LogP contribution in [0.2, 0.25) is 0 Å².